The number of amides is 1. The highest BCUT2D eigenvalue weighted by Crippen LogP contribution is 2.28. The van der Waals surface area contributed by atoms with Gasteiger partial charge in [-0.05, 0) is 25.0 Å². The largest absolute Gasteiger partial charge is 0.484 e. The van der Waals surface area contributed by atoms with Crippen LogP contribution in [-0.2, 0) is 9.59 Å². The van der Waals surface area contributed by atoms with Crippen molar-refractivity contribution in [2.75, 3.05) is 13.2 Å². The molecule has 1 aliphatic carbocycles. The van der Waals surface area contributed by atoms with E-state index in [1.54, 1.807) is 12.1 Å². The lowest BCUT2D eigenvalue weighted by Gasteiger charge is -2.20. The van der Waals surface area contributed by atoms with Crippen LogP contribution < -0.4 is 4.74 Å². The smallest absolute Gasteiger partial charge is 0.323 e. The molecule has 20 heavy (non-hydrogen) atoms. The summed E-state index contributed by atoms with van der Waals surface area (Å²) in [6.07, 6.45) is 1.68. The second-order valence-electron chi connectivity index (χ2n) is 4.51. The molecule has 1 amide bonds. The maximum Gasteiger partial charge on any atom is 0.323 e. The van der Waals surface area contributed by atoms with Crippen molar-refractivity contribution >= 4 is 35.1 Å². The number of hydrogen-bond acceptors (Lipinski definition) is 3. The molecule has 108 valence electrons. The molecule has 0 atom stereocenters. The van der Waals surface area contributed by atoms with E-state index in [0.29, 0.717) is 15.8 Å². The Labute approximate surface area is 126 Å². The molecule has 0 spiro atoms. The summed E-state index contributed by atoms with van der Waals surface area (Å²) >= 11 is 11.6. The van der Waals surface area contributed by atoms with E-state index in [-0.39, 0.29) is 25.1 Å². The molecule has 0 saturated heterocycles. The molecule has 1 saturated carbocycles. The third-order valence-electron chi connectivity index (χ3n) is 2.87. The predicted molar refractivity (Wildman–Crippen MR) is 74.3 cm³/mol. The zero-order valence-corrected chi connectivity index (χ0v) is 12.0. The van der Waals surface area contributed by atoms with Crippen molar-refractivity contribution in [1.29, 1.82) is 0 Å². The summed E-state index contributed by atoms with van der Waals surface area (Å²) in [5, 5.41) is 9.53. The fourth-order valence-corrected chi connectivity index (χ4v) is 2.04. The molecule has 0 aliphatic heterocycles. The van der Waals surface area contributed by atoms with Crippen LogP contribution in [0.1, 0.15) is 12.8 Å². The van der Waals surface area contributed by atoms with Crippen LogP contribution in [0, 0.1) is 0 Å². The summed E-state index contributed by atoms with van der Waals surface area (Å²) in [7, 11) is 0. The second-order valence-corrected chi connectivity index (χ2v) is 5.33. The maximum absolute atomic E-state index is 12.0. The molecule has 1 aromatic carbocycles. The van der Waals surface area contributed by atoms with Crippen molar-refractivity contribution in [3.8, 4) is 5.75 Å². The van der Waals surface area contributed by atoms with Crippen LogP contribution in [0.5, 0.6) is 5.75 Å². The van der Waals surface area contributed by atoms with Crippen LogP contribution in [-0.4, -0.2) is 41.1 Å². The van der Waals surface area contributed by atoms with Crippen molar-refractivity contribution in [3.05, 3.63) is 28.2 Å². The van der Waals surface area contributed by atoms with E-state index in [1.165, 1.54) is 11.0 Å². The third-order valence-corrected chi connectivity index (χ3v) is 3.61. The zero-order valence-electron chi connectivity index (χ0n) is 10.5. The number of carboxylic acid groups (broad SMARTS) is 1. The Morgan fingerprint density at radius 1 is 1.30 bits per heavy atom. The van der Waals surface area contributed by atoms with E-state index in [1.807, 2.05) is 0 Å². The van der Waals surface area contributed by atoms with Crippen molar-refractivity contribution in [3.63, 3.8) is 0 Å². The van der Waals surface area contributed by atoms with Gasteiger partial charge in [0.1, 0.15) is 12.3 Å². The van der Waals surface area contributed by atoms with Crippen molar-refractivity contribution < 1.29 is 19.4 Å². The highest BCUT2D eigenvalue weighted by Gasteiger charge is 2.33. The molecular formula is C13H13Cl2NO4. The standard InChI is InChI=1S/C13H13Cl2NO4/c14-10-4-3-9(5-11(10)15)20-7-12(17)16(6-13(18)19)8-1-2-8/h3-5,8H,1-2,6-7H2,(H,18,19). The first-order chi connectivity index (χ1) is 9.47. The lowest BCUT2D eigenvalue weighted by molar-refractivity contribution is -0.145. The Kier molecular flexibility index (Phi) is 4.73. The number of ether oxygens (including phenoxy) is 1. The fourth-order valence-electron chi connectivity index (χ4n) is 1.75. The van der Waals surface area contributed by atoms with Gasteiger partial charge in [-0.15, -0.1) is 0 Å². The Morgan fingerprint density at radius 3 is 2.55 bits per heavy atom. The summed E-state index contributed by atoms with van der Waals surface area (Å²) in [5.74, 6) is -0.959. The van der Waals surface area contributed by atoms with Crippen LogP contribution >= 0.6 is 23.2 Å². The van der Waals surface area contributed by atoms with Gasteiger partial charge in [0.25, 0.3) is 5.91 Å². The van der Waals surface area contributed by atoms with E-state index >= 15 is 0 Å². The number of carboxylic acids is 1. The third kappa shape index (κ3) is 4.02. The maximum atomic E-state index is 12.0. The first-order valence-corrected chi connectivity index (χ1v) is 6.82. The number of carbonyl (C=O) groups is 2. The molecule has 0 radical (unpaired) electrons. The van der Waals surface area contributed by atoms with Crippen LogP contribution in [0.3, 0.4) is 0 Å². The summed E-state index contributed by atoms with van der Waals surface area (Å²) in [4.78, 5) is 24.0. The van der Waals surface area contributed by atoms with E-state index < -0.39 is 5.97 Å². The van der Waals surface area contributed by atoms with E-state index in [0.717, 1.165) is 12.8 Å². The summed E-state index contributed by atoms with van der Waals surface area (Å²) in [5.41, 5.74) is 0. The van der Waals surface area contributed by atoms with E-state index in [2.05, 4.69) is 0 Å². The Morgan fingerprint density at radius 2 is 2.00 bits per heavy atom. The number of rotatable bonds is 6. The molecule has 1 fully saturated rings. The molecule has 0 heterocycles. The number of hydrogen-bond donors (Lipinski definition) is 1. The van der Waals surface area contributed by atoms with Gasteiger partial charge in [0.15, 0.2) is 6.61 Å². The molecule has 7 heteroatoms. The molecular weight excluding hydrogens is 305 g/mol. The van der Waals surface area contributed by atoms with Gasteiger partial charge < -0.3 is 14.7 Å². The normalized spacial score (nSPS) is 13.9. The van der Waals surface area contributed by atoms with Gasteiger partial charge in [-0.3, -0.25) is 9.59 Å². The highest BCUT2D eigenvalue weighted by molar-refractivity contribution is 6.42. The summed E-state index contributed by atoms with van der Waals surface area (Å²) in [6, 6.07) is 4.70. The minimum atomic E-state index is -1.03. The molecule has 1 aliphatic rings. The van der Waals surface area contributed by atoms with Crippen molar-refractivity contribution in [2.24, 2.45) is 0 Å². The minimum absolute atomic E-state index is 0.0241. The van der Waals surface area contributed by atoms with Crippen molar-refractivity contribution in [2.45, 2.75) is 18.9 Å². The quantitative estimate of drug-likeness (QED) is 0.875. The molecule has 1 N–H and O–H groups in total. The van der Waals surface area contributed by atoms with E-state index in [4.69, 9.17) is 33.0 Å². The number of aliphatic carboxylic acids is 1. The molecule has 0 bridgehead atoms. The number of halogens is 2. The van der Waals surface area contributed by atoms with Crippen LogP contribution in [0.2, 0.25) is 10.0 Å². The van der Waals surface area contributed by atoms with Crippen LogP contribution in [0.4, 0.5) is 0 Å². The van der Waals surface area contributed by atoms with Crippen LogP contribution in [0.25, 0.3) is 0 Å². The number of benzene rings is 1. The lowest BCUT2D eigenvalue weighted by Crippen LogP contribution is -2.40. The molecule has 1 aromatic rings. The Bertz CT molecular complexity index is 531. The van der Waals surface area contributed by atoms with Gasteiger partial charge in [0.2, 0.25) is 0 Å². The first-order valence-electron chi connectivity index (χ1n) is 6.06. The molecule has 0 unspecified atom stereocenters. The molecule has 5 nitrogen and oxygen atoms in total. The second kappa shape index (κ2) is 6.33. The number of carbonyl (C=O) groups excluding carboxylic acids is 1. The van der Waals surface area contributed by atoms with Gasteiger partial charge in [0, 0.05) is 12.1 Å². The van der Waals surface area contributed by atoms with Crippen molar-refractivity contribution in [1.82, 2.24) is 4.90 Å². The SMILES string of the molecule is O=C(O)CN(C(=O)COc1ccc(Cl)c(Cl)c1)C1CC1. The average Bonchev–Trinajstić information content (AvgIpc) is 3.21. The predicted octanol–water partition coefficient (Wildman–Crippen LogP) is 2.45. The van der Waals surface area contributed by atoms with Crippen LogP contribution in [0.15, 0.2) is 18.2 Å². The topological polar surface area (TPSA) is 66.8 Å². The average molecular weight is 318 g/mol. The minimum Gasteiger partial charge on any atom is -0.484 e. The molecule has 2 rings (SSSR count). The lowest BCUT2D eigenvalue weighted by atomic mass is 10.3. The summed E-state index contributed by atoms with van der Waals surface area (Å²) in [6.45, 7) is -0.518. The monoisotopic (exact) mass is 317 g/mol. The Balaban J connectivity index is 1.92. The van der Waals surface area contributed by atoms with Gasteiger partial charge >= 0.3 is 5.97 Å². The first kappa shape index (κ1) is 14.9. The fraction of sp³-hybridized carbons (Fsp3) is 0.385. The Hall–Kier alpha value is -1.46. The van der Waals surface area contributed by atoms with E-state index in [9.17, 15) is 9.59 Å². The molecule has 0 aromatic heterocycles. The number of nitrogens with zero attached hydrogens (tertiary/aromatic N) is 1. The summed E-state index contributed by atoms with van der Waals surface area (Å²) < 4.78 is 5.32. The van der Waals surface area contributed by atoms with Gasteiger partial charge in [0.05, 0.1) is 10.0 Å². The van der Waals surface area contributed by atoms with Gasteiger partial charge in [-0.2, -0.15) is 0 Å². The van der Waals surface area contributed by atoms with Gasteiger partial charge in [-0.25, -0.2) is 0 Å². The zero-order chi connectivity index (χ0) is 14.7. The highest BCUT2D eigenvalue weighted by atomic mass is 35.5. The van der Waals surface area contributed by atoms with Gasteiger partial charge in [-0.1, -0.05) is 23.2 Å².